The zero-order valence-corrected chi connectivity index (χ0v) is 11.4. The van der Waals surface area contributed by atoms with Crippen molar-refractivity contribution < 1.29 is 13.9 Å². The van der Waals surface area contributed by atoms with Crippen molar-refractivity contribution in [1.82, 2.24) is 15.1 Å². The van der Waals surface area contributed by atoms with Gasteiger partial charge in [-0.3, -0.25) is 4.68 Å². The molecule has 0 amide bonds. The quantitative estimate of drug-likeness (QED) is 0.877. The number of aliphatic hydroxyl groups is 1. The Kier molecular flexibility index (Phi) is 4.15. The van der Waals surface area contributed by atoms with Crippen LogP contribution >= 0.6 is 0 Å². The molecule has 0 saturated carbocycles. The molecule has 2 N–H and O–H groups in total. The summed E-state index contributed by atoms with van der Waals surface area (Å²) in [4.78, 5) is 0. The molecule has 0 aliphatic rings. The molecule has 4 nitrogen and oxygen atoms in total. The van der Waals surface area contributed by atoms with Gasteiger partial charge in [-0.05, 0) is 25.1 Å². The Balaban J connectivity index is 1.97. The van der Waals surface area contributed by atoms with Crippen LogP contribution in [0.3, 0.4) is 0 Å². The van der Waals surface area contributed by atoms with Gasteiger partial charge in [-0.1, -0.05) is 0 Å². The first-order valence-corrected chi connectivity index (χ1v) is 6.24. The van der Waals surface area contributed by atoms with Crippen molar-refractivity contribution in [2.24, 2.45) is 7.05 Å². The van der Waals surface area contributed by atoms with Gasteiger partial charge in [-0.15, -0.1) is 0 Å². The van der Waals surface area contributed by atoms with E-state index in [2.05, 4.69) is 10.4 Å². The monoisotopic (exact) mass is 281 g/mol. The molecule has 1 aromatic heterocycles. The molecule has 0 saturated heterocycles. The molecule has 0 radical (unpaired) electrons. The van der Waals surface area contributed by atoms with Gasteiger partial charge in [0.1, 0.15) is 17.2 Å². The molecule has 0 fully saturated rings. The summed E-state index contributed by atoms with van der Waals surface area (Å²) in [6, 6.07) is 3.30. The van der Waals surface area contributed by atoms with Gasteiger partial charge in [0.15, 0.2) is 0 Å². The summed E-state index contributed by atoms with van der Waals surface area (Å²) in [6.07, 6.45) is 3.29. The number of aryl methyl sites for hydroxylation is 1. The molecule has 2 aromatic rings. The first kappa shape index (κ1) is 14.6. The van der Waals surface area contributed by atoms with E-state index in [1.165, 1.54) is 0 Å². The Hall–Kier alpha value is -1.79. The van der Waals surface area contributed by atoms with Crippen molar-refractivity contribution >= 4 is 0 Å². The lowest BCUT2D eigenvalue weighted by Crippen LogP contribution is -2.35. The van der Waals surface area contributed by atoms with Gasteiger partial charge in [0, 0.05) is 37.5 Å². The average molecular weight is 281 g/mol. The van der Waals surface area contributed by atoms with Crippen molar-refractivity contribution in [3.8, 4) is 0 Å². The van der Waals surface area contributed by atoms with E-state index >= 15 is 0 Å². The minimum absolute atomic E-state index is 0.139. The maximum Gasteiger partial charge on any atom is 0.127 e. The van der Waals surface area contributed by atoms with Crippen molar-refractivity contribution in [1.29, 1.82) is 0 Å². The second-order valence-corrected chi connectivity index (χ2v) is 5.02. The molecule has 0 spiro atoms. The smallest absolute Gasteiger partial charge is 0.127 e. The molecule has 1 aromatic carbocycles. The normalized spacial score (nSPS) is 14.2. The molecular formula is C14H17F2N3O. The summed E-state index contributed by atoms with van der Waals surface area (Å²) < 4.78 is 28.0. The van der Waals surface area contributed by atoms with E-state index in [9.17, 15) is 13.9 Å². The summed E-state index contributed by atoms with van der Waals surface area (Å²) >= 11 is 0. The van der Waals surface area contributed by atoms with Gasteiger partial charge in [-0.25, -0.2) is 8.78 Å². The lowest BCUT2D eigenvalue weighted by Gasteiger charge is -2.22. The van der Waals surface area contributed by atoms with Gasteiger partial charge in [0.05, 0.1) is 6.20 Å². The van der Waals surface area contributed by atoms with Gasteiger partial charge in [0.2, 0.25) is 0 Å². The van der Waals surface area contributed by atoms with E-state index in [-0.39, 0.29) is 18.7 Å². The highest BCUT2D eigenvalue weighted by Crippen LogP contribution is 2.19. The Morgan fingerprint density at radius 3 is 2.80 bits per heavy atom. The average Bonchev–Trinajstić information content (AvgIpc) is 2.81. The molecule has 1 atom stereocenters. The van der Waals surface area contributed by atoms with Gasteiger partial charge in [-0.2, -0.15) is 5.10 Å². The number of benzene rings is 1. The van der Waals surface area contributed by atoms with E-state index < -0.39 is 17.2 Å². The molecule has 0 aliphatic carbocycles. The number of hydrogen-bond acceptors (Lipinski definition) is 3. The highest BCUT2D eigenvalue weighted by Gasteiger charge is 2.24. The number of halogens is 2. The van der Waals surface area contributed by atoms with Crippen molar-refractivity contribution in [2.75, 3.05) is 6.54 Å². The van der Waals surface area contributed by atoms with Crippen LogP contribution < -0.4 is 5.32 Å². The number of hydrogen-bond donors (Lipinski definition) is 2. The fraction of sp³-hybridized carbons (Fsp3) is 0.357. The lowest BCUT2D eigenvalue weighted by molar-refractivity contribution is 0.0565. The Labute approximate surface area is 116 Å². The third-order valence-electron chi connectivity index (χ3n) is 3.12. The summed E-state index contributed by atoms with van der Waals surface area (Å²) in [5.41, 5.74) is -0.239. The largest absolute Gasteiger partial charge is 0.384 e. The first-order chi connectivity index (χ1) is 9.38. The van der Waals surface area contributed by atoms with E-state index in [0.29, 0.717) is 5.56 Å². The molecule has 2 rings (SSSR count). The van der Waals surface area contributed by atoms with Crippen LogP contribution in [0.1, 0.15) is 18.1 Å². The fourth-order valence-electron chi connectivity index (χ4n) is 1.92. The molecule has 20 heavy (non-hydrogen) atoms. The predicted molar refractivity (Wildman–Crippen MR) is 70.8 cm³/mol. The summed E-state index contributed by atoms with van der Waals surface area (Å²) in [5.74, 6) is -0.956. The number of nitrogens with one attached hydrogen (secondary N) is 1. The predicted octanol–water partition coefficient (Wildman–Crippen LogP) is 1.70. The van der Waals surface area contributed by atoms with Crippen LogP contribution in [0.2, 0.25) is 0 Å². The van der Waals surface area contributed by atoms with E-state index in [1.807, 2.05) is 0 Å². The first-order valence-electron chi connectivity index (χ1n) is 6.24. The molecule has 6 heteroatoms. The Morgan fingerprint density at radius 1 is 1.40 bits per heavy atom. The maximum absolute atomic E-state index is 13.4. The fourth-order valence-corrected chi connectivity index (χ4v) is 1.92. The van der Waals surface area contributed by atoms with Gasteiger partial charge in [0.25, 0.3) is 0 Å². The van der Waals surface area contributed by atoms with Crippen LogP contribution in [0, 0.1) is 11.6 Å². The second kappa shape index (κ2) is 5.68. The second-order valence-electron chi connectivity index (χ2n) is 5.02. The van der Waals surface area contributed by atoms with E-state index in [0.717, 1.165) is 18.2 Å². The molecule has 1 unspecified atom stereocenters. The maximum atomic E-state index is 13.4. The third-order valence-corrected chi connectivity index (χ3v) is 3.12. The minimum Gasteiger partial charge on any atom is -0.384 e. The third kappa shape index (κ3) is 3.40. The summed E-state index contributed by atoms with van der Waals surface area (Å²) in [5, 5.41) is 17.2. The van der Waals surface area contributed by atoms with Crippen LogP contribution in [0.15, 0.2) is 30.6 Å². The molecular weight excluding hydrogens is 264 g/mol. The summed E-state index contributed by atoms with van der Waals surface area (Å²) in [6.45, 7) is 1.98. The van der Waals surface area contributed by atoms with Crippen molar-refractivity contribution in [3.63, 3.8) is 0 Å². The number of nitrogens with zero attached hydrogens (tertiary/aromatic N) is 2. The Morgan fingerprint density at radius 2 is 2.15 bits per heavy atom. The highest BCUT2D eigenvalue weighted by atomic mass is 19.1. The van der Waals surface area contributed by atoms with Crippen LogP contribution in [0.5, 0.6) is 0 Å². The summed E-state index contributed by atoms with van der Waals surface area (Å²) in [7, 11) is 1.76. The van der Waals surface area contributed by atoms with Crippen LogP contribution in [0.4, 0.5) is 8.78 Å². The van der Waals surface area contributed by atoms with Crippen molar-refractivity contribution in [2.45, 2.75) is 19.1 Å². The van der Waals surface area contributed by atoms with E-state index in [1.54, 1.807) is 31.0 Å². The molecule has 108 valence electrons. The van der Waals surface area contributed by atoms with Crippen LogP contribution in [0.25, 0.3) is 0 Å². The molecule has 1 heterocycles. The highest BCUT2D eigenvalue weighted by molar-refractivity contribution is 5.19. The lowest BCUT2D eigenvalue weighted by atomic mass is 9.99. The zero-order valence-electron chi connectivity index (χ0n) is 11.4. The molecule has 0 aliphatic heterocycles. The number of aromatic nitrogens is 2. The standard InChI is InChI=1S/C14H17F2N3O/c1-14(20,11-7-18-19(2)8-11)9-17-6-10-5-12(15)3-4-13(10)16/h3-5,7-8,17,20H,6,9H2,1-2H3. The Bertz CT molecular complexity index is 596. The molecule has 0 bridgehead atoms. The number of rotatable bonds is 5. The van der Waals surface area contributed by atoms with E-state index in [4.69, 9.17) is 0 Å². The topological polar surface area (TPSA) is 50.1 Å². The SMILES string of the molecule is Cn1cc(C(C)(O)CNCc2cc(F)ccc2F)cn1. The van der Waals surface area contributed by atoms with Crippen LogP contribution in [-0.4, -0.2) is 21.4 Å². The van der Waals surface area contributed by atoms with Gasteiger partial charge >= 0.3 is 0 Å². The van der Waals surface area contributed by atoms with Crippen molar-refractivity contribution in [3.05, 3.63) is 53.4 Å². The minimum atomic E-state index is -1.13. The van der Waals surface area contributed by atoms with Gasteiger partial charge < -0.3 is 10.4 Å². The zero-order chi connectivity index (χ0) is 14.8. The van der Waals surface area contributed by atoms with Crippen LogP contribution in [-0.2, 0) is 19.2 Å².